The maximum atomic E-state index is 12.5. The van der Waals surface area contributed by atoms with Crippen molar-refractivity contribution in [3.8, 4) is 5.75 Å². The lowest BCUT2D eigenvalue weighted by Gasteiger charge is -2.56. The summed E-state index contributed by atoms with van der Waals surface area (Å²) >= 11 is 0. The molecule has 0 saturated carbocycles. The van der Waals surface area contributed by atoms with Crippen molar-refractivity contribution < 1.29 is 19.1 Å². The topological polar surface area (TPSA) is 46.5 Å². The lowest BCUT2D eigenvalue weighted by molar-refractivity contribution is -0.952. The van der Waals surface area contributed by atoms with Crippen LogP contribution in [0.2, 0.25) is 0 Å². The summed E-state index contributed by atoms with van der Waals surface area (Å²) in [6, 6.07) is 15.8. The number of ketones is 1. The van der Waals surface area contributed by atoms with Crippen LogP contribution in [0.25, 0.3) is 0 Å². The van der Waals surface area contributed by atoms with Gasteiger partial charge in [-0.2, -0.15) is 0 Å². The van der Waals surface area contributed by atoms with Crippen LogP contribution in [0.15, 0.2) is 48.5 Å². The van der Waals surface area contributed by atoms with Crippen molar-refractivity contribution in [2.24, 2.45) is 5.92 Å². The van der Waals surface area contributed by atoms with Crippen molar-refractivity contribution in [1.29, 1.82) is 0 Å². The molecular formula is C25H32NO3+. The molecule has 3 heterocycles. The molecule has 29 heavy (non-hydrogen) atoms. The molecule has 0 spiro atoms. The number of carbonyl (C=O) groups excluding carboxylic acids is 1. The van der Waals surface area contributed by atoms with Gasteiger partial charge in [0.15, 0.2) is 5.78 Å². The number of piperidine rings is 3. The van der Waals surface area contributed by atoms with Crippen LogP contribution in [-0.4, -0.2) is 48.7 Å². The summed E-state index contributed by atoms with van der Waals surface area (Å²) in [6.45, 7) is 5.98. The number of quaternary nitrogens is 1. The number of carbonyl (C=O) groups is 1. The SMILES string of the molecule is COc1ccc([C@@]2(O)C[N+]3(CCCC(=O)c4ccc(C)cc4)CCC2CC3)cc1. The molecule has 2 aromatic rings. The van der Waals surface area contributed by atoms with Gasteiger partial charge in [0.1, 0.15) is 17.9 Å². The predicted molar refractivity (Wildman–Crippen MR) is 114 cm³/mol. The molecule has 2 aromatic carbocycles. The molecule has 4 heteroatoms. The van der Waals surface area contributed by atoms with Crippen LogP contribution in [0, 0.1) is 12.8 Å². The van der Waals surface area contributed by atoms with E-state index in [1.165, 1.54) is 5.56 Å². The average molecular weight is 395 g/mol. The molecule has 0 aromatic heterocycles. The van der Waals surface area contributed by atoms with Crippen LogP contribution in [0.4, 0.5) is 0 Å². The van der Waals surface area contributed by atoms with Gasteiger partial charge in [-0.25, -0.2) is 0 Å². The molecule has 2 bridgehead atoms. The maximum Gasteiger partial charge on any atom is 0.163 e. The van der Waals surface area contributed by atoms with Gasteiger partial charge in [0, 0.05) is 37.2 Å². The number of hydrogen-bond donors (Lipinski definition) is 1. The number of fused-ring (bicyclic) bond motifs is 3. The third kappa shape index (κ3) is 3.96. The highest BCUT2D eigenvalue weighted by molar-refractivity contribution is 5.96. The highest BCUT2D eigenvalue weighted by atomic mass is 16.5. The summed E-state index contributed by atoms with van der Waals surface area (Å²) in [4.78, 5) is 12.5. The Balaban J connectivity index is 1.42. The maximum absolute atomic E-state index is 12.5. The fraction of sp³-hybridized carbons (Fsp3) is 0.480. The van der Waals surface area contributed by atoms with Gasteiger partial charge in [0.2, 0.25) is 0 Å². The monoisotopic (exact) mass is 394 g/mol. The Kier molecular flexibility index (Phi) is 5.50. The standard InChI is InChI=1S/C25H32NO3/c1-19-5-7-20(8-6-19)24(27)4-3-15-26-16-13-22(14-17-26)25(28,18-26)21-9-11-23(29-2)12-10-21/h5-12,22,28H,3-4,13-18H2,1-2H3/q+1/t22?,25-,26?/m0/s1. The summed E-state index contributed by atoms with van der Waals surface area (Å²) in [5.41, 5.74) is 2.21. The molecule has 154 valence electrons. The smallest absolute Gasteiger partial charge is 0.163 e. The zero-order chi connectivity index (χ0) is 20.5. The van der Waals surface area contributed by atoms with Gasteiger partial charge in [0.05, 0.1) is 26.7 Å². The number of nitrogens with zero attached hydrogens (tertiary/aromatic N) is 1. The molecule has 1 atom stereocenters. The Morgan fingerprint density at radius 1 is 1.10 bits per heavy atom. The largest absolute Gasteiger partial charge is 0.497 e. The van der Waals surface area contributed by atoms with E-state index < -0.39 is 5.60 Å². The first-order valence-corrected chi connectivity index (χ1v) is 10.8. The van der Waals surface area contributed by atoms with Gasteiger partial charge in [-0.3, -0.25) is 4.79 Å². The minimum Gasteiger partial charge on any atom is -0.497 e. The van der Waals surface area contributed by atoms with Crippen molar-refractivity contribution in [2.75, 3.05) is 33.3 Å². The van der Waals surface area contributed by atoms with Crippen LogP contribution < -0.4 is 4.74 Å². The van der Waals surface area contributed by atoms with Gasteiger partial charge in [-0.1, -0.05) is 42.0 Å². The number of hydrogen-bond acceptors (Lipinski definition) is 3. The van der Waals surface area contributed by atoms with Crippen molar-refractivity contribution in [1.82, 2.24) is 0 Å². The third-order valence-corrected chi connectivity index (χ3v) is 7.16. The zero-order valence-electron chi connectivity index (χ0n) is 17.6. The summed E-state index contributed by atoms with van der Waals surface area (Å²) < 4.78 is 6.20. The Labute approximate surface area is 173 Å². The second-order valence-corrected chi connectivity index (χ2v) is 8.99. The number of rotatable bonds is 7. The van der Waals surface area contributed by atoms with Crippen LogP contribution in [0.5, 0.6) is 5.75 Å². The highest BCUT2D eigenvalue weighted by Gasteiger charge is 2.54. The van der Waals surface area contributed by atoms with Crippen LogP contribution >= 0.6 is 0 Å². The number of methoxy groups -OCH3 is 1. The van der Waals surface area contributed by atoms with Gasteiger partial charge < -0.3 is 14.3 Å². The fourth-order valence-corrected chi connectivity index (χ4v) is 5.36. The predicted octanol–water partition coefficient (Wildman–Crippen LogP) is 4.09. The molecule has 3 aliphatic heterocycles. The molecule has 3 fully saturated rings. The first-order valence-electron chi connectivity index (χ1n) is 10.8. The van der Waals surface area contributed by atoms with Crippen molar-refractivity contribution in [3.63, 3.8) is 0 Å². The van der Waals surface area contributed by atoms with E-state index in [4.69, 9.17) is 4.74 Å². The minimum atomic E-state index is -0.774. The Morgan fingerprint density at radius 3 is 2.38 bits per heavy atom. The quantitative estimate of drug-likeness (QED) is 0.568. The van der Waals surface area contributed by atoms with Crippen LogP contribution in [0.1, 0.15) is 47.2 Å². The molecular weight excluding hydrogens is 362 g/mol. The fourth-order valence-electron chi connectivity index (χ4n) is 5.36. The molecule has 5 rings (SSSR count). The molecule has 0 unspecified atom stereocenters. The molecule has 0 radical (unpaired) electrons. The van der Waals surface area contributed by atoms with E-state index in [1.807, 2.05) is 55.5 Å². The number of ether oxygens (including phenoxy) is 1. The number of Topliss-reactive ketones (excluding diaryl/α,β-unsaturated/α-hetero) is 1. The molecule has 4 nitrogen and oxygen atoms in total. The van der Waals surface area contributed by atoms with Crippen molar-refractivity contribution >= 4 is 5.78 Å². The molecule has 0 amide bonds. The molecule has 1 N–H and O–H groups in total. The number of benzene rings is 2. The van der Waals surface area contributed by atoms with E-state index in [9.17, 15) is 9.90 Å². The lowest BCUT2D eigenvalue weighted by Crippen LogP contribution is -2.67. The second-order valence-electron chi connectivity index (χ2n) is 8.99. The number of aryl methyl sites for hydroxylation is 1. The Hall–Kier alpha value is -2.17. The Morgan fingerprint density at radius 2 is 1.76 bits per heavy atom. The zero-order valence-corrected chi connectivity index (χ0v) is 17.6. The van der Waals surface area contributed by atoms with Gasteiger partial charge in [-0.15, -0.1) is 0 Å². The van der Waals surface area contributed by atoms with Crippen LogP contribution in [-0.2, 0) is 5.60 Å². The van der Waals surface area contributed by atoms with E-state index >= 15 is 0 Å². The normalized spacial score (nSPS) is 28.3. The summed E-state index contributed by atoms with van der Waals surface area (Å²) in [7, 11) is 1.66. The summed E-state index contributed by atoms with van der Waals surface area (Å²) in [5.74, 6) is 1.36. The van der Waals surface area contributed by atoms with E-state index in [1.54, 1.807) is 7.11 Å². The van der Waals surface area contributed by atoms with Crippen molar-refractivity contribution in [2.45, 2.75) is 38.2 Å². The molecule has 3 saturated heterocycles. The first kappa shape index (κ1) is 20.1. The van der Waals surface area contributed by atoms with E-state index in [0.717, 1.165) is 66.8 Å². The summed E-state index contributed by atoms with van der Waals surface area (Å²) in [5, 5.41) is 11.7. The van der Waals surface area contributed by atoms with E-state index in [0.29, 0.717) is 12.3 Å². The van der Waals surface area contributed by atoms with E-state index in [-0.39, 0.29) is 5.78 Å². The third-order valence-electron chi connectivity index (χ3n) is 7.16. The minimum absolute atomic E-state index is 0.223. The van der Waals surface area contributed by atoms with E-state index in [2.05, 4.69) is 0 Å². The number of aliphatic hydroxyl groups is 1. The lowest BCUT2D eigenvalue weighted by atomic mass is 9.70. The summed E-state index contributed by atoms with van der Waals surface area (Å²) in [6.07, 6.45) is 3.55. The van der Waals surface area contributed by atoms with Gasteiger partial charge in [-0.05, 0) is 24.6 Å². The molecule has 3 aliphatic rings. The highest BCUT2D eigenvalue weighted by Crippen LogP contribution is 2.46. The second kappa shape index (κ2) is 7.92. The van der Waals surface area contributed by atoms with Gasteiger partial charge in [0.25, 0.3) is 0 Å². The average Bonchev–Trinajstić information content (AvgIpc) is 2.74. The molecule has 0 aliphatic carbocycles. The van der Waals surface area contributed by atoms with Gasteiger partial charge >= 0.3 is 0 Å². The Bertz CT molecular complexity index is 851. The van der Waals surface area contributed by atoms with Crippen molar-refractivity contribution in [3.05, 3.63) is 65.2 Å². The first-order chi connectivity index (χ1) is 13.9. The van der Waals surface area contributed by atoms with Crippen LogP contribution in [0.3, 0.4) is 0 Å².